The molecule has 1 aromatic heterocycles. The van der Waals surface area contributed by atoms with Crippen LogP contribution in [0.15, 0.2) is 54.9 Å². The molecule has 0 amide bonds. The lowest BCUT2D eigenvalue weighted by Crippen LogP contribution is -2.29. The van der Waals surface area contributed by atoms with Crippen LogP contribution in [0.5, 0.6) is 5.75 Å². The number of ether oxygens (including phenoxy) is 2. The molecule has 0 spiro atoms. The molecular formula is C21H13F8N3O3. The summed E-state index contributed by atoms with van der Waals surface area (Å²) in [6.07, 6.45) is -10.9. The minimum absolute atomic E-state index is 0.00111. The lowest BCUT2D eigenvalue weighted by atomic mass is 10.1. The van der Waals surface area contributed by atoms with Crippen LogP contribution in [0.4, 0.5) is 40.9 Å². The third-order valence-electron chi connectivity index (χ3n) is 4.31. The summed E-state index contributed by atoms with van der Waals surface area (Å²) < 4.78 is 110. The fourth-order valence-electron chi connectivity index (χ4n) is 2.78. The van der Waals surface area contributed by atoms with Crippen LogP contribution in [0.25, 0.3) is 11.3 Å². The van der Waals surface area contributed by atoms with Gasteiger partial charge in [-0.05, 0) is 35.9 Å². The van der Waals surface area contributed by atoms with Gasteiger partial charge in [-0.15, -0.1) is 13.2 Å². The van der Waals surface area contributed by atoms with Gasteiger partial charge >= 0.3 is 18.5 Å². The van der Waals surface area contributed by atoms with E-state index in [9.17, 15) is 39.9 Å². The Bertz CT molecular complexity index is 1180. The number of anilines is 1. The summed E-state index contributed by atoms with van der Waals surface area (Å²) in [6, 6.07) is 8.00. The monoisotopic (exact) mass is 507 g/mol. The van der Waals surface area contributed by atoms with E-state index in [0.717, 1.165) is 48.8 Å². The van der Waals surface area contributed by atoms with Crippen molar-refractivity contribution in [1.29, 1.82) is 0 Å². The lowest BCUT2D eigenvalue weighted by Gasteiger charge is -2.20. The van der Waals surface area contributed by atoms with Gasteiger partial charge in [0.05, 0.1) is 12.2 Å². The minimum atomic E-state index is -5.27. The molecule has 1 heterocycles. The first-order valence-electron chi connectivity index (χ1n) is 9.46. The van der Waals surface area contributed by atoms with E-state index >= 15 is 0 Å². The van der Waals surface area contributed by atoms with Gasteiger partial charge in [0.2, 0.25) is 0 Å². The summed E-state index contributed by atoms with van der Waals surface area (Å²) in [5, 5.41) is 2.63. The first-order chi connectivity index (χ1) is 16.3. The van der Waals surface area contributed by atoms with Crippen LogP contribution >= 0.6 is 0 Å². The first-order valence-corrected chi connectivity index (χ1v) is 9.46. The van der Waals surface area contributed by atoms with Gasteiger partial charge in [-0.2, -0.15) is 13.2 Å². The molecule has 0 fully saturated rings. The van der Waals surface area contributed by atoms with E-state index in [1.807, 2.05) is 0 Å². The number of hydrogen-bond donors (Lipinski definition) is 1. The SMILES string of the molecule is O=C(O[C@@H](CNc1cc(-c2ccc(OC(F)(F)F)c(F)c2)ncn1)c1ccc(F)cc1)C(F)(F)F. The molecule has 0 aliphatic carbocycles. The third-order valence-corrected chi connectivity index (χ3v) is 4.31. The molecule has 0 aliphatic rings. The van der Waals surface area contributed by atoms with E-state index in [2.05, 4.69) is 24.8 Å². The van der Waals surface area contributed by atoms with Gasteiger partial charge in [0.15, 0.2) is 11.6 Å². The molecule has 0 aliphatic heterocycles. The van der Waals surface area contributed by atoms with Gasteiger partial charge in [-0.1, -0.05) is 12.1 Å². The standard InChI is InChI=1S/C21H13F8N3O3/c22-13-4-1-11(2-5-13)17(34-19(33)20(24,25)26)9-30-18-8-15(31-10-32-18)12-3-6-16(14(23)7-12)35-21(27,28)29/h1-8,10,17H,9H2,(H,30,31,32)/t17-/m0/s1. The predicted octanol–water partition coefficient (Wildman–Crippen LogP) is 5.58. The summed E-state index contributed by atoms with van der Waals surface area (Å²) in [6.45, 7) is -0.434. The van der Waals surface area contributed by atoms with Crippen molar-refractivity contribution in [1.82, 2.24) is 9.97 Å². The van der Waals surface area contributed by atoms with Crippen molar-refractivity contribution in [2.45, 2.75) is 18.6 Å². The smallest absolute Gasteiger partial charge is 0.449 e. The molecule has 6 nitrogen and oxygen atoms in total. The number of nitrogens with one attached hydrogen (secondary N) is 1. The number of hydrogen-bond acceptors (Lipinski definition) is 6. The average molecular weight is 507 g/mol. The zero-order valence-corrected chi connectivity index (χ0v) is 17.1. The number of halogens is 8. The van der Waals surface area contributed by atoms with Crippen molar-refractivity contribution in [3.8, 4) is 17.0 Å². The Morgan fingerprint density at radius 3 is 2.23 bits per heavy atom. The lowest BCUT2D eigenvalue weighted by molar-refractivity contribution is -0.275. The predicted molar refractivity (Wildman–Crippen MR) is 104 cm³/mol. The number of benzene rings is 2. The number of rotatable bonds is 7. The minimum Gasteiger partial charge on any atom is -0.449 e. The Labute approximate surface area is 191 Å². The maximum atomic E-state index is 14.0. The topological polar surface area (TPSA) is 73.3 Å². The van der Waals surface area contributed by atoms with Crippen LogP contribution < -0.4 is 10.1 Å². The van der Waals surface area contributed by atoms with Crippen molar-refractivity contribution in [3.05, 3.63) is 72.1 Å². The second-order valence-electron chi connectivity index (χ2n) is 6.81. The van der Waals surface area contributed by atoms with E-state index in [4.69, 9.17) is 0 Å². The quantitative estimate of drug-likeness (QED) is 0.333. The Hall–Kier alpha value is -3.97. The van der Waals surface area contributed by atoms with Crippen molar-refractivity contribution in [3.63, 3.8) is 0 Å². The summed E-state index contributed by atoms with van der Waals surface area (Å²) in [4.78, 5) is 19.0. The summed E-state index contributed by atoms with van der Waals surface area (Å²) >= 11 is 0. The fraction of sp³-hybridized carbons (Fsp3) is 0.190. The van der Waals surface area contributed by atoms with Crippen molar-refractivity contribution < 1.29 is 49.4 Å². The largest absolute Gasteiger partial charge is 0.573 e. The van der Waals surface area contributed by atoms with Crippen LogP contribution in [0.1, 0.15) is 11.7 Å². The van der Waals surface area contributed by atoms with Gasteiger partial charge in [0, 0.05) is 11.6 Å². The molecule has 1 atom stereocenters. The van der Waals surface area contributed by atoms with E-state index in [-0.39, 0.29) is 22.6 Å². The van der Waals surface area contributed by atoms with E-state index in [1.165, 1.54) is 6.07 Å². The number of carbonyl (C=O) groups is 1. The van der Waals surface area contributed by atoms with Crippen LogP contribution in [0.2, 0.25) is 0 Å². The summed E-state index contributed by atoms with van der Waals surface area (Å²) in [7, 11) is 0. The highest BCUT2D eigenvalue weighted by atomic mass is 19.4. The van der Waals surface area contributed by atoms with E-state index in [0.29, 0.717) is 0 Å². The first kappa shape index (κ1) is 25.6. The van der Waals surface area contributed by atoms with Crippen molar-refractivity contribution in [2.75, 3.05) is 11.9 Å². The molecule has 3 aromatic rings. The molecule has 1 N–H and O–H groups in total. The highest BCUT2D eigenvalue weighted by molar-refractivity contribution is 5.76. The Kier molecular flexibility index (Phi) is 7.41. The van der Waals surface area contributed by atoms with Crippen LogP contribution in [-0.4, -0.2) is 35.0 Å². The van der Waals surface area contributed by atoms with Gasteiger partial charge in [-0.25, -0.2) is 23.5 Å². The van der Waals surface area contributed by atoms with Gasteiger partial charge in [0.25, 0.3) is 0 Å². The van der Waals surface area contributed by atoms with Crippen molar-refractivity contribution >= 4 is 11.8 Å². The number of esters is 1. The number of alkyl halides is 6. The van der Waals surface area contributed by atoms with Crippen LogP contribution in [0, 0.1) is 11.6 Å². The van der Waals surface area contributed by atoms with Gasteiger partial charge < -0.3 is 14.8 Å². The maximum Gasteiger partial charge on any atom is 0.573 e. The maximum absolute atomic E-state index is 14.0. The normalized spacial score (nSPS) is 12.7. The average Bonchev–Trinajstić information content (AvgIpc) is 2.77. The summed E-state index contributed by atoms with van der Waals surface area (Å²) in [5.74, 6) is -5.50. The molecule has 2 aromatic carbocycles. The molecule has 0 bridgehead atoms. The van der Waals surface area contributed by atoms with Crippen LogP contribution in [0.3, 0.4) is 0 Å². The molecule has 14 heteroatoms. The van der Waals surface area contributed by atoms with Gasteiger partial charge in [0.1, 0.15) is 24.1 Å². The number of aromatic nitrogens is 2. The molecule has 0 saturated carbocycles. The van der Waals surface area contributed by atoms with Crippen molar-refractivity contribution in [2.24, 2.45) is 0 Å². The molecule has 35 heavy (non-hydrogen) atoms. The third kappa shape index (κ3) is 7.25. The van der Waals surface area contributed by atoms with E-state index in [1.54, 1.807) is 0 Å². The Morgan fingerprint density at radius 2 is 1.63 bits per heavy atom. The number of nitrogens with zero attached hydrogens (tertiary/aromatic N) is 2. The second kappa shape index (κ2) is 10.1. The summed E-state index contributed by atoms with van der Waals surface area (Å²) in [5.41, 5.74) is 0.139. The molecular weight excluding hydrogens is 494 g/mol. The Morgan fingerprint density at radius 1 is 0.943 bits per heavy atom. The highest BCUT2D eigenvalue weighted by Gasteiger charge is 2.42. The fourth-order valence-corrected chi connectivity index (χ4v) is 2.78. The highest BCUT2D eigenvalue weighted by Crippen LogP contribution is 2.30. The molecule has 186 valence electrons. The Balaban J connectivity index is 1.78. The molecule has 0 unspecified atom stereocenters. The van der Waals surface area contributed by atoms with E-state index < -0.39 is 48.5 Å². The number of carbonyl (C=O) groups excluding carboxylic acids is 1. The zero-order valence-electron chi connectivity index (χ0n) is 17.1. The molecule has 0 saturated heterocycles. The zero-order chi connectivity index (χ0) is 25.8. The molecule has 0 radical (unpaired) electrons. The molecule has 3 rings (SSSR count). The van der Waals surface area contributed by atoms with Gasteiger partial charge in [-0.3, -0.25) is 0 Å². The second-order valence-corrected chi connectivity index (χ2v) is 6.81. The van der Waals surface area contributed by atoms with Crippen LogP contribution in [-0.2, 0) is 9.53 Å².